The molecule has 0 aromatic heterocycles. The molecule has 5 nitrogen and oxygen atoms in total. The van der Waals surface area contributed by atoms with Gasteiger partial charge in [0.2, 0.25) is 11.5 Å². The lowest BCUT2D eigenvalue weighted by atomic mass is 10.1. The first-order valence-corrected chi connectivity index (χ1v) is 4.98. The minimum Gasteiger partial charge on any atom is -0.493 e. The van der Waals surface area contributed by atoms with Crippen molar-refractivity contribution in [3.8, 4) is 23.0 Å². The zero-order valence-electron chi connectivity index (χ0n) is 10.6. The van der Waals surface area contributed by atoms with Gasteiger partial charge in [0.25, 0.3) is 0 Å². The van der Waals surface area contributed by atoms with Crippen LogP contribution < -0.4 is 18.9 Å². The standard InChI is InChI=1S/C12H16O5/c1-7(13)8-6-9(14-2)11(16-4)12(17-5)10(8)15-3/h6H,1-5H3. The SMILES string of the molecule is COc1cc(C(C)=O)c(OC)c(OC)c1OC. The highest BCUT2D eigenvalue weighted by molar-refractivity contribution is 5.99. The Balaban J connectivity index is 3.60. The molecule has 0 aliphatic rings. The van der Waals surface area contributed by atoms with Crippen molar-refractivity contribution in [3.63, 3.8) is 0 Å². The molecule has 0 radical (unpaired) electrons. The summed E-state index contributed by atoms with van der Waals surface area (Å²) >= 11 is 0. The van der Waals surface area contributed by atoms with Crippen LogP contribution in [0.2, 0.25) is 0 Å². The van der Waals surface area contributed by atoms with E-state index in [0.29, 0.717) is 28.6 Å². The molecule has 0 aliphatic carbocycles. The minimum absolute atomic E-state index is 0.138. The van der Waals surface area contributed by atoms with Gasteiger partial charge in [-0.1, -0.05) is 0 Å². The number of methoxy groups -OCH3 is 4. The summed E-state index contributed by atoms with van der Waals surface area (Å²) in [5.41, 5.74) is 0.391. The lowest BCUT2D eigenvalue weighted by Gasteiger charge is -2.17. The minimum atomic E-state index is -0.138. The highest BCUT2D eigenvalue weighted by Gasteiger charge is 2.23. The molecule has 5 heteroatoms. The first-order chi connectivity index (χ1) is 8.10. The van der Waals surface area contributed by atoms with E-state index in [-0.39, 0.29) is 5.78 Å². The van der Waals surface area contributed by atoms with E-state index < -0.39 is 0 Å². The summed E-state index contributed by atoms with van der Waals surface area (Å²) in [7, 11) is 5.93. The fraction of sp³-hybridized carbons (Fsp3) is 0.417. The summed E-state index contributed by atoms with van der Waals surface area (Å²) in [6, 6.07) is 1.57. The summed E-state index contributed by atoms with van der Waals surface area (Å²) in [6.45, 7) is 1.45. The molecule has 1 aromatic carbocycles. The number of carbonyl (C=O) groups is 1. The van der Waals surface area contributed by atoms with Crippen molar-refractivity contribution in [1.29, 1.82) is 0 Å². The van der Waals surface area contributed by atoms with Gasteiger partial charge >= 0.3 is 0 Å². The second-order valence-electron chi connectivity index (χ2n) is 3.28. The topological polar surface area (TPSA) is 54.0 Å². The molecular formula is C12H16O5. The van der Waals surface area contributed by atoms with Gasteiger partial charge in [-0.3, -0.25) is 4.79 Å². The highest BCUT2D eigenvalue weighted by atomic mass is 16.5. The van der Waals surface area contributed by atoms with Gasteiger partial charge in [0.1, 0.15) is 0 Å². The number of ether oxygens (including phenoxy) is 4. The molecule has 1 aromatic rings. The first kappa shape index (κ1) is 13.2. The Morgan fingerprint density at radius 1 is 0.882 bits per heavy atom. The smallest absolute Gasteiger partial charge is 0.208 e. The van der Waals surface area contributed by atoms with Crippen molar-refractivity contribution in [2.75, 3.05) is 28.4 Å². The number of Topliss-reactive ketones (excluding diaryl/α,β-unsaturated/α-hetero) is 1. The number of carbonyl (C=O) groups excluding carboxylic acids is 1. The molecule has 0 saturated carbocycles. The van der Waals surface area contributed by atoms with E-state index in [1.807, 2.05) is 0 Å². The number of hydrogen-bond donors (Lipinski definition) is 0. The molecule has 17 heavy (non-hydrogen) atoms. The van der Waals surface area contributed by atoms with Gasteiger partial charge < -0.3 is 18.9 Å². The molecule has 0 amide bonds. The summed E-state index contributed by atoms with van der Waals surface area (Å²) in [5, 5.41) is 0. The maximum atomic E-state index is 11.5. The molecule has 0 aliphatic heterocycles. The van der Waals surface area contributed by atoms with E-state index >= 15 is 0 Å². The average molecular weight is 240 g/mol. The van der Waals surface area contributed by atoms with Crippen molar-refractivity contribution in [2.45, 2.75) is 6.92 Å². The molecular weight excluding hydrogens is 224 g/mol. The lowest BCUT2D eigenvalue weighted by molar-refractivity contribution is 0.101. The van der Waals surface area contributed by atoms with Crippen LogP contribution in [0.3, 0.4) is 0 Å². The van der Waals surface area contributed by atoms with Gasteiger partial charge in [0.15, 0.2) is 17.3 Å². The van der Waals surface area contributed by atoms with E-state index in [9.17, 15) is 4.79 Å². The van der Waals surface area contributed by atoms with Crippen molar-refractivity contribution in [3.05, 3.63) is 11.6 Å². The predicted octanol–water partition coefficient (Wildman–Crippen LogP) is 1.92. The van der Waals surface area contributed by atoms with E-state index in [2.05, 4.69) is 0 Å². The molecule has 0 saturated heterocycles. The summed E-state index contributed by atoms with van der Waals surface area (Å²) in [4.78, 5) is 11.5. The van der Waals surface area contributed by atoms with E-state index in [4.69, 9.17) is 18.9 Å². The molecule has 0 spiro atoms. The maximum absolute atomic E-state index is 11.5. The fourth-order valence-electron chi connectivity index (χ4n) is 1.59. The van der Waals surface area contributed by atoms with Crippen LogP contribution in [0.1, 0.15) is 17.3 Å². The third-order valence-electron chi connectivity index (χ3n) is 2.37. The molecule has 0 atom stereocenters. The van der Waals surface area contributed by atoms with Crippen LogP contribution in [-0.2, 0) is 0 Å². The van der Waals surface area contributed by atoms with Crippen molar-refractivity contribution < 1.29 is 23.7 Å². The number of hydrogen-bond acceptors (Lipinski definition) is 5. The molecule has 1 rings (SSSR count). The summed E-state index contributed by atoms with van der Waals surface area (Å²) in [6.07, 6.45) is 0. The molecule has 94 valence electrons. The predicted molar refractivity (Wildman–Crippen MR) is 62.7 cm³/mol. The normalized spacial score (nSPS) is 9.71. The monoisotopic (exact) mass is 240 g/mol. The maximum Gasteiger partial charge on any atom is 0.208 e. The third kappa shape index (κ3) is 2.27. The Kier molecular flexibility index (Phi) is 4.20. The zero-order valence-corrected chi connectivity index (χ0v) is 10.6. The summed E-state index contributed by atoms with van der Waals surface area (Å²) in [5.74, 6) is 1.38. The van der Waals surface area contributed by atoms with Gasteiger partial charge in [-0.15, -0.1) is 0 Å². The Bertz CT molecular complexity index is 425. The Morgan fingerprint density at radius 2 is 1.41 bits per heavy atom. The summed E-state index contributed by atoms with van der Waals surface area (Å²) < 4.78 is 20.7. The quantitative estimate of drug-likeness (QED) is 0.736. The first-order valence-electron chi connectivity index (χ1n) is 4.98. The van der Waals surface area contributed by atoms with Crippen LogP contribution in [0.25, 0.3) is 0 Å². The van der Waals surface area contributed by atoms with Crippen LogP contribution in [-0.4, -0.2) is 34.2 Å². The second kappa shape index (κ2) is 5.43. The third-order valence-corrected chi connectivity index (χ3v) is 2.37. The van der Waals surface area contributed by atoms with Crippen molar-refractivity contribution in [1.82, 2.24) is 0 Å². The Labute approximate surface area is 100 Å². The van der Waals surface area contributed by atoms with E-state index in [1.54, 1.807) is 6.07 Å². The van der Waals surface area contributed by atoms with Gasteiger partial charge in [-0.25, -0.2) is 0 Å². The van der Waals surface area contributed by atoms with Crippen LogP contribution in [0.5, 0.6) is 23.0 Å². The fourth-order valence-corrected chi connectivity index (χ4v) is 1.59. The van der Waals surface area contributed by atoms with Crippen LogP contribution in [0, 0.1) is 0 Å². The molecule has 0 heterocycles. The van der Waals surface area contributed by atoms with E-state index in [0.717, 1.165) is 0 Å². The van der Waals surface area contributed by atoms with Gasteiger partial charge in [-0.05, 0) is 13.0 Å². The van der Waals surface area contributed by atoms with Crippen LogP contribution in [0.15, 0.2) is 6.07 Å². The van der Waals surface area contributed by atoms with Crippen molar-refractivity contribution in [2.24, 2.45) is 0 Å². The lowest BCUT2D eigenvalue weighted by Crippen LogP contribution is -2.04. The number of ketones is 1. The van der Waals surface area contributed by atoms with Gasteiger partial charge in [0, 0.05) is 0 Å². The van der Waals surface area contributed by atoms with Gasteiger partial charge in [-0.2, -0.15) is 0 Å². The zero-order chi connectivity index (χ0) is 13.0. The van der Waals surface area contributed by atoms with Crippen molar-refractivity contribution >= 4 is 5.78 Å². The molecule has 0 unspecified atom stereocenters. The second-order valence-corrected chi connectivity index (χ2v) is 3.28. The van der Waals surface area contributed by atoms with Gasteiger partial charge in [0.05, 0.1) is 34.0 Å². The molecule has 0 N–H and O–H groups in total. The van der Waals surface area contributed by atoms with Crippen LogP contribution in [0.4, 0.5) is 0 Å². The van der Waals surface area contributed by atoms with Crippen LogP contribution >= 0.6 is 0 Å². The average Bonchev–Trinajstić information content (AvgIpc) is 2.35. The number of rotatable bonds is 5. The Morgan fingerprint density at radius 3 is 1.76 bits per heavy atom. The number of benzene rings is 1. The molecule has 0 bridgehead atoms. The molecule has 0 fully saturated rings. The van der Waals surface area contributed by atoms with E-state index in [1.165, 1.54) is 35.4 Å². The Hall–Kier alpha value is -1.91. The largest absolute Gasteiger partial charge is 0.493 e. The highest BCUT2D eigenvalue weighted by Crippen LogP contribution is 2.46.